The zero-order valence-corrected chi connectivity index (χ0v) is 13.5. The summed E-state index contributed by atoms with van der Waals surface area (Å²) < 4.78 is 0.744. The van der Waals surface area contributed by atoms with Crippen LogP contribution >= 0.6 is 15.9 Å². The summed E-state index contributed by atoms with van der Waals surface area (Å²) in [6.45, 7) is 5.16. The average molecular weight is 341 g/mol. The summed E-state index contributed by atoms with van der Waals surface area (Å²) in [5.74, 6) is 1.51. The van der Waals surface area contributed by atoms with Gasteiger partial charge in [-0.05, 0) is 43.2 Å². The number of nitro benzene ring substituents is 1. The lowest BCUT2D eigenvalue weighted by atomic mass is 9.79. The largest absolute Gasteiger partial charge is 0.310 e. The molecule has 0 aliphatic heterocycles. The number of halogens is 1. The number of nitrogens with zero attached hydrogens (tertiary/aromatic N) is 1. The van der Waals surface area contributed by atoms with Crippen LogP contribution in [-0.4, -0.2) is 11.0 Å². The normalized spacial score (nSPS) is 26.4. The van der Waals surface area contributed by atoms with E-state index in [0.717, 1.165) is 34.7 Å². The van der Waals surface area contributed by atoms with Gasteiger partial charge in [0.25, 0.3) is 5.69 Å². The predicted octanol–water partition coefficient (Wildman–Crippen LogP) is 4.27. The standard InChI is InChI=1S/C15H21BrN2O2/c1-10-3-6-14(7-11(10)2)17-9-12-4-5-13(16)8-15(12)18(19)20/h4-5,8,10-11,14,17H,3,6-7,9H2,1-2H3. The maximum Gasteiger partial charge on any atom is 0.275 e. The van der Waals surface area contributed by atoms with Gasteiger partial charge < -0.3 is 5.32 Å². The van der Waals surface area contributed by atoms with Gasteiger partial charge in [0, 0.05) is 28.7 Å². The van der Waals surface area contributed by atoms with E-state index in [0.29, 0.717) is 12.6 Å². The van der Waals surface area contributed by atoms with E-state index in [9.17, 15) is 10.1 Å². The molecule has 5 heteroatoms. The molecule has 2 rings (SSSR count). The van der Waals surface area contributed by atoms with Crippen molar-refractivity contribution >= 4 is 21.6 Å². The van der Waals surface area contributed by atoms with Gasteiger partial charge in [-0.15, -0.1) is 0 Å². The minimum Gasteiger partial charge on any atom is -0.310 e. The summed E-state index contributed by atoms with van der Waals surface area (Å²) in [5, 5.41) is 14.6. The van der Waals surface area contributed by atoms with Crippen LogP contribution in [0.3, 0.4) is 0 Å². The van der Waals surface area contributed by atoms with Gasteiger partial charge in [0.2, 0.25) is 0 Å². The molecule has 1 aromatic rings. The van der Waals surface area contributed by atoms with Gasteiger partial charge in [-0.25, -0.2) is 0 Å². The van der Waals surface area contributed by atoms with Crippen molar-refractivity contribution in [1.29, 1.82) is 0 Å². The Hall–Kier alpha value is -0.940. The van der Waals surface area contributed by atoms with Gasteiger partial charge in [-0.3, -0.25) is 10.1 Å². The molecule has 0 spiro atoms. The van der Waals surface area contributed by atoms with Crippen molar-refractivity contribution < 1.29 is 4.92 Å². The first-order valence-corrected chi connectivity index (χ1v) is 7.93. The maximum absolute atomic E-state index is 11.1. The molecule has 4 nitrogen and oxygen atoms in total. The molecule has 3 unspecified atom stereocenters. The predicted molar refractivity (Wildman–Crippen MR) is 83.6 cm³/mol. The number of hydrogen-bond donors (Lipinski definition) is 1. The average Bonchev–Trinajstić information content (AvgIpc) is 2.41. The Bertz CT molecular complexity index is 493. The minimum absolute atomic E-state index is 0.184. The number of benzene rings is 1. The summed E-state index contributed by atoms with van der Waals surface area (Å²) in [6, 6.07) is 5.73. The fourth-order valence-corrected chi connectivity index (χ4v) is 3.19. The van der Waals surface area contributed by atoms with Crippen LogP contribution in [0.2, 0.25) is 0 Å². The summed E-state index contributed by atoms with van der Waals surface area (Å²) in [4.78, 5) is 10.8. The second-order valence-electron chi connectivity index (χ2n) is 5.88. The highest BCUT2D eigenvalue weighted by Crippen LogP contribution is 2.30. The summed E-state index contributed by atoms with van der Waals surface area (Å²) in [5.41, 5.74) is 0.938. The maximum atomic E-state index is 11.1. The Labute approximate surface area is 128 Å². The zero-order valence-electron chi connectivity index (χ0n) is 11.9. The van der Waals surface area contributed by atoms with Gasteiger partial charge in [0.05, 0.1) is 4.92 Å². The van der Waals surface area contributed by atoms with Crippen molar-refractivity contribution in [2.45, 2.75) is 45.7 Å². The lowest BCUT2D eigenvalue weighted by Gasteiger charge is -2.32. The lowest BCUT2D eigenvalue weighted by molar-refractivity contribution is -0.385. The van der Waals surface area contributed by atoms with Crippen LogP contribution in [0.5, 0.6) is 0 Å². The molecule has 1 aromatic carbocycles. The van der Waals surface area contributed by atoms with E-state index in [1.54, 1.807) is 6.07 Å². The van der Waals surface area contributed by atoms with E-state index in [4.69, 9.17) is 0 Å². The fourth-order valence-electron chi connectivity index (χ4n) is 2.84. The molecule has 0 radical (unpaired) electrons. The van der Waals surface area contributed by atoms with Crippen molar-refractivity contribution in [3.8, 4) is 0 Å². The third-order valence-electron chi connectivity index (χ3n) is 4.42. The highest BCUT2D eigenvalue weighted by atomic mass is 79.9. The van der Waals surface area contributed by atoms with E-state index >= 15 is 0 Å². The highest BCUT2D eigenvalue weighted by Gasteiger charge is 2.24. The number of hydrogen-bond acceptors (Lipinski definition) is 3. The zero-order chi connectivity index (χ0) is 14.7. The SMILES string of the molecule is CC1CCC(NCc2ccc(Br)cc2[N+](=O)[O-])CC1C. The molecule has 1 aliphatic rings. The molecule has 0 heterocycles. The van der Waals surface area contributed by atoms with Crippen LogP contribution in [0.4, 0.5) is 5.69 Å². The van der Waals surface area contributed by atoms with Crippen LogP contribution in [0.25, 0.3) is 0 Å². The monoisotopic (exact) mass is 340 g/mol. The molecule has 1 aliphatic carbocycles. The fraction of sp³-hybridized carbons (Fsp3) is 0.600. The summed E-state index contributed by atoms with van der Waals surface area (Å²) in [7, 11) is 0. The minimum atomic E-state index is -0.312. The quantitative estimate of drug-likeness (QED) is 0.657. The number of nitrogens with one attached hydrogen (secondary N) is 1. The first-order chi connectivity index (χ1) is 9.47. The Kier molecular flexibility index (Phi) is 5.16. The number of nitro groups is 1. The first kappa shape index (κ1) is 15.4. The van der Waals surface area contributed by atoms with Gasteiger partial charge in [-0.1, -0.05) is 29.8 Å². The van der Waals surface area contributed by atoms with E-state index in [-0.39, 0.29) is 10.6 Å². The van der Waals surface area contributed by atoms with E-state index in [1.165, 1.54) is 6.42 Å². The Morgan fingerprint density at radius 2 is 2.10 bits per heavy atom. The van der Waals surface area contributed by atoms with Crippen LogP contribution in [-0.2, 0) is 6.54 Å². The lowest BCUT2D eigenvalue weighted by Crippen LogP contribution is -2.35. The molecule has 20 heavy (non-hydrogen) atoms. The second kappa shape index (κ2) is 6.68. The van der Waals surface area contributed by atoms with Crippen molar-refractivity contribution in [1.82, 2.24) is 5.32 Å². The van der Waals surface area contributed by atoms with Crippen LogP contribution in [0, 0.1) is 22.0 Å². The van der Waals surface area contributed by atoms with E-state index < -0.39 is 0 Å². The molecule has 1 fully saturated rings. The molecule has 3 atom stereocenters. The van der Waals surface area contributed by atoms with E-state index in [2.05, 4.69) is 35.1 Å². The van der Waals surface area contributed by atoms with Crippen LogP contribution < -0.4 is 5.32 Å². The van der Waals surface area contributed by atoms with E-state index in [1.807, 2.05) is 12.1 Å². The van der Waals surface area contributed by atoms with Gasteiger partial charge >= 0.3 is 0 Å². The third kappa shape index (κ3) is 3.79. The third-order valence-corrected chi connectivity index (χ3v) is 4.92. The van der Waals surface area contributed by atoms with Crippen molar-refractivity contribution in [2.24, 2.45) is 11.8 Å². The molecule has 0 saturated heterocycles. The molecular weight excluding hydrogens is 320 g/mol. The molecule has 0 aromatic heterocycles. The first-order valence-electron chi connectivity index (χ1n) is 7.13. The smallest absolute Gasteiger partial charge is 0.275 e. The highest BCUT2D eigenvalue weighted by molar-refractivity contribution is 9.10. The topological polar surface area (TPSA) is 55.2 Å². The van der Waals surface area contributed by atoms with Crippen molar-refractivity contribution in [3.63, 3.8) is 0 Å². The van der Waals surface area contributed by atoms with Crippen molar-refractivity contribution in [3.05, 3.63) is 38.3 Å². The van der Waals surface area contributed by atoms with Crippen molar-refractivity contribution in [2.75, 3.05) is 0 Å². The molecule has 0 amide bonds. The van der Waals surface area contributed by atoms with Gasteiger partial charge in [0.15, 0.2) is 0 Å². The second-order valence-corrected chi connectivity index (χ2v) is 6.79. The molecule has 0 bridgehead atoms. The Morgan fingerprint density at radius 1 is 1.35 bits per heavy atom. The number of rotatable bonds is 4. The van der Waals surface area contributed by atoms with Crippen LogP contribution in [0.1, 0.15) is 38.7 Å². The Morgan fingerprint density at radius 3 is 2.75 bits per heavy atom. The summed E-state index contributed by atoms with van der Waals surface area (Å²) >= 11 is 3.28. The molecule has 110 valence electrons. The summed E-state index contributed by atoms with van der Waals surface area (Å²) in [6.07, 6.45) is 3.56. The van der Waals surface area contributed by atoms with Gasteiger partial charge in [-0.2, -0.15) is 0 Å². The molecular formula is C15H21BrN2O2. The molecule has 1 saturated carbocycles. The molecule has 1 N–H and O–H groups in total. The Balaban J connectivity index is 1.99. The van der Waals surface area contributed by atoms with Crippen LogP contribution in [0.15, 0.2) is 22.7 Å². The van der Waals surface area contributed by atoms with Gasteiger partial charge in [0.1, 0.15) is 0 Å².